The average molecular weight is 481 g/mol. The number of aromatic nitrogens is 5. The molecule has 1 saturated heterocycles. The largest absolute Gasteiger partial charge is 0.342 e. The summed E-state index contributed by atoms with van der Waals surface area (Å²) in [6.45, 7) is 2.85. The van der Waals surface area contributed by atoms with Crippen molar-refractivity contribution < 1.29 is 4.79 Å². The molecule has 3 aliphatic rings. The van der Waals surface area contributed by atoms with E-state index in [9.17, 15) is 9.59 Å². The van der Waals surface area contributed by atoms with Gasteiger partial charge >= 0.3 is 0 Å². The Kier molecular flexibility index (Phi) is 5.97. The van der Waals surface area contributed by atoms with Gasteiger partial charge in [-0.2, -0.15) is 0 Å². The molecule has 1 atom stereocenters. The lowest BCUT2D eigenvalue weighted by Crippen LogP contribution is -2.40. The number of amides is 1. The van der Waals surface area contributed by atoms with Crippen molar-refractivity contribution in [1.29, 1.82) is 0 Å². The van der Waals surface area contributed by atoms with E-state index in [1.807, 2.05) is 4.90 Å². The Bertz CT molecular complexity index is 1270. The van der Waals surface area contributed by atoms with Crippen molar-refractivity contribution in [2.24, 2.45) is 0 Å². The van der Waals surface area contributed by atoms with Crippen molar-refractivity contribution in [3.8, 4) is 0 Å². The fourth-order valence-corrected chi connectivity index (χ4v) is 7.16. The van der Waals surface area contributed by atoms with Gasteiger partial charge in [0.1, 0.15) is 16.5 Å². The minimum atomic E-state index is 0.0138. The zero-order chi connectivity index (χ0) is 23.1. The van der Waals surface area contributed by atoms with E-state index in [0.717, 1.165) is 73.5 Å². The monoisotopic (exact) mass is 480 g/mol. The van der Waals surface area contributed by atoms with Gasteiger partial charge in [0.05, 0.1) is 11.7 Å². The molecule has 8 nitrogen and oxygen atoms in total. The van der Waals surface area contributed by atoms with Crippen LogP contribution >= 0.6 is 11.3 Å². The molecular weight excluding hydrogens is 448 g/mol. The highest BCUT2D eigenvalue weighted by Gasteiger charge is 2.29. The van der Waals surface area contributed by atoms with Crippen LogP contribution in [0.2, 0.25) is 0 Å². The molecule has 34 heavy (non-hydrogen) atoms. The third kappa shape index (κ3) is 3.97. The van der Waals surface area contributed by atoms with Crippen LogP contribution in [0.3, 0.4) is 0 Å². The summed E-state index contributed by atoms with van der Waals surface area (Å²) < 4.78 is 3.95. The second-order valence-electron chi connectivity index (χ2n) is 10.00. The molecule has 9 heteroatoms. The van der Waals surface area contributed by atoms with E-state index in [1.54, 1.807) is 22.2 Å². The predicted molar refractivity (Wildman–Crippen MR) is 131 cm³/mol. The molecule has 3 aromatic rings. The molecule has 6 rings (SSSR count). The molecule has 3 aromatic heterocycles. The minimum absolute atomic E-state index is 0.0138. The van der Waals surface area contributed by atoms with Crippen molar-refractivity contribution in [1.82, 2.24) is 29.2 Å². The smallest absolute Gasteiger partial charge is 0.262 e. The van der Waals surface area contributed by atoms with Gasteiger partial charge in [0, 0.05) is 49.8 Å². The number of fused-ring (bicyclic) bond motifs is 4. The molecule has 1 amide bonds. The van der Waals surface area contributed by atoms with Gasteiger partial charge in [0.15, 0.2) is 0 Å². The number of carbonyl (C=O) groups excluding carboxylic acids is 1. The molecule has 1 fully saturated rings. The molecule has 0 spiro atoms. The van der Waals surface area contributed by atoms with Crippen LogP contribution in [0, 0.1) is 0 Å². The second kappa shape index (κ2) is 9.24. The minimum Gasteiger partial charge on any atom is -0.342 e. The SMILES string of the molecule is O=C(CCn1cnc2sc3c(c2c1=O)CCCC3)N1CCCC(c2nnc3n2CCCCC3)C1. The van der Waals surface area contributed by atoms with Gasteiger partial charge in [-0.1, -0.05) is 6.42 Å². The van der Waals surface area contributed by atoms with E-state index in [1.165, 1.54) is 36.1 Å². The van der Waals surface area contributed by atoms with E-state index < -0.39 is 0 Å². The third-order valence-electron chi connectivity index (χ3n) is 7.79. The first-order valence-electron chi connectivity index (χ1n) is 12.9. The van der Waals surface area contributed by atoms with Crippen LogP contribution in [-0.2, 0) is 37.1 Å². The summed E-state index contributed by atoms with van der Waals surface area (Å²) in [5.41, 5.74) is 1.22. The number of likely N-dealkylation sites (tertiary alicyclic amines) is 1. The van der Waals surface area contributed by atoms with E-state index in [-0.39, 0.29) is 17.4 Å². The van der Waals surface area contributed by atoms with Crippen molar-refractivity contribution in [2.75, 3.05) is 13.1 Å². The van der Waals surface area contributed by atoms with Crippen LogP contribution in [0.1, 0.15) is 79.4 Å². The first-order valence-corrected chi connectivity index (χ1v) is 13.7. The summed E-state index contributed by atoms with van der Waals surface area (Å²) >= 11 is 1.67. The van der Waals surface area contributed by atoms with Crippen LogP contribution < -0.4 is 5.56 Å². The van der Waals surface area contributed by atoms with E-state index >= 15 is 0 Å². The van der Waals surface area contributed by atoms with Crippen LogP contribution in [-0.4, -0.2) is 48.2 Å². The highest BCUT2D eigenvalue weighted by molar-refractivity contribution is 7.18. The number of thiophene rings is 1. The van der Waals surface area contributed by atoms with Crippen LogP contribution in [0.4, 0.5) is 0 Å². The standard InChI is InChI=1S/C25H32N6O2S/c32-21(11-14-30-16-26-24-22(25(30)33)18-8-3-4-9-19(18)34-24)29-12-6-7-17(15-29)23-28-27-20-10-2-1-5-13-31(20)23/h16-17H,1-15H2. The molecule has 2 aliphatic heterocycles. The first-order chi connectivity index (χ1) is 16.7. The third-order valence-corrected chi connectivity index (χ3v) is 8.99. The quantitative estimate of drug-likeness (QED) is 0.571. The average Bonchev–Trinajstić information content (AvgIpc) is 3.37. The first kappa shape index (κ1) is 21.9. The van der Waals surface area contributed by atoms with Crippen LogP contribution in [0.25, 0.3) is 10.2 Å². The van der Waals surface area contributed by atoms with Crippen molar-refractivity contribution >= 4 is 27.5 Å². The van der Waals surface area contributed by atoms with Crippen molar-refractivity contribution in [3.05, 3.63) is 38.8 Å². The maximum Gasteiger partial charge on any atom is 0.262 e. The molecule has 0 bridgehead atoms. The van der Waals surface area contributed by atoms with Gasteiger partial charge in [-0.3, -0.25) is 14.2 Å². The van der Waals surface area contributed by atoms with E-state index in [2.05, 4.69) is 19.7 Å². The molecule has 0 aromatic carbocycles. The number of hydrogen-bond acceptors (Lipinski definition) is 6. The summed E-state index contributed by atoms with van der Waals surface area (Å²) in [6.07, 6.45) is 12.9. The molecule has 0 radical (unpaired) electrons. The number of rotatable bonds is 4. The number of nitrogens with zero attached hydrogens (tertiary/aromatic N) is 6. The zero-order valence-electron chi connectivity index (χ0n) is 19.7. The van der Waals surface area contributed by atoms with E-state index in [0.29, 0.717) is 19.5 Å². The Morgan fingerprint density at radius 3 is 2.85 bits per heavy atom. The number of aryl methyl sites for hydroxylation is 4. The summed E-state index contributed by atoms with van der Waals surface area (Å²) in [7, 11) is 0. The summed E-state index contributed by atoms with van der Waals surface area (Å²) in [5.74, 6) is 2.52. The second-order valence-corrected chi connectivity index (χ2v) is 11.1. The summed E-state index contributed by atoms with van der Waals surface area (Å²) in [4.78, 5) is 35.1. The zero-order valence-corrected chi connectivity index (χ0v) is 20.5. The number of piperidine rings is 1. The molecule has 5 heterocycles. The molecule has 0 N–H and O–H groups in total. The Hall–Kier alpha value is -2.55. The van der Waals surface area contributed by atoms with E-state index in [4.69, 9.17) is 0 Å². The maximum absolute atomic E-state index is 13.2. The lowest BCUT2D eigenvalue weighted by Gasteiger charge is -2.32. The lowest BCUT2D eigenvalue weighted by molar-refractivity contribution is -0.132. The fourth-order valence-electron chi connectivity index (χ4n) is 5.94. The number of hydrogen-bond donors (Lipinski definition) is 0. The molecule has 0 saturated carbocycles. The van der Waals surface area contributed by atoms with Crippen molar-refractivity contribution in [3.63, 3.8) is 0 Å². The van der Waals surface area contributed by atoms with Gasteiger partial charge in [-0.25, -0.2) is 4.98 Å². The molecule has 1 unspecified atom stereocenters. The predicted octanol–water partition coefficient (Wildman–Crippen LogP) is 3.45. The fraction of sp³-hybridized carbons (Fsp3) is 0.640. The highest BCUT2D eigenvalue weighted by Crippen LogP contribution is 2.33. The Morgan fingerprint density at radius 1 is 1.03 bits per heavy atom. The van der Waals surface area contributed by atoms with Gasteiger partial charge in [-0.15, -0.1) is 21.5 Å². The Balaban J connectivity index is 1.15. The van der Waals surface area contributed by atoms with Crippen LogP contribution in [0.5, 0.6) is 0 Å². The topological polar surface area (TPSA) is 85.9 Å². The molecule has 180 valence electrons. The summed E-state index contributed by atoms with van der Waals surface area (Å²) in [5, 5.41) is 9.80. The van der Waals surface area contributed by atoms with Gasteiger partial charge in [0.25, 0.3) is 5.56 Å². The van der Waals surface area contributed by atoms with Crippen molar-refractivity contribution in [2.45, 2.75) is 89.6 Å². The Labute approximate surface area is 203 Å². The van der Waals surface area contributed by atoms with Gasteiger partial charge < -0.3 is 9.47 Å². The van der Waals surface area contributed by atoms with Crippen LogP contribution in [0.15, 0.2) is 11.1 Å². The Morgan fingerprint density at radius 2 is 1.91 bits per heavy atom. The number of carbonyl (C=O) groups is 1. The van der Waals surface area contributed by atoms with Gasteiger partial charge in [-0.05, 0) is 56.9 Å². The highest BCUT2D eigenvalue weighted by atomic mass is 32.1. The van der Waals surface area contributed by atoms with Gasteiger partial charge in [0.2, 0.25) is 5.91 Å². The lowest BCUT2D eigenvalue weighted by atomic mass is 9.96. The summed E-state index contributed by atoms with van der Waals surface area (Å²) in [6, 6.07) is 0. The molecule has 1 aliphatic carbocycles. The molecular formula is C25H32N6O2S. The maximum atomic E-state index is 13.2. The normalized spacial score (nSPS) is 20.7.